The molecule has 9 heteroatoms. The van der Waals surface area contributed by atoms with E-state index >= 15 is 0 Å². The molecule has 3 heterocycles. The first-order chi connectivity index (χ1) is 11.8. The van der Waals surface area contributed by atoms with Gasteiger partial charge in [-0.05, 0) is 32.1 Å². The van der Waals surface area contributed by atoms with Crippen LogP contribution in [0.4, 0.5) is 0 Å². The van der Waals surface area contributed by atoms with Crippen molar-refractivity contribution in [1.29, 1.82) is 0 Å². The van der Waals surface area contributed by atoms with Gasteiger partial charge in [-0.1, -0.05) is 18.7 Å². The van der Waals surface area contributed by atoms with Gasteiger partial charge in [0.05, 0.1) is 16.8 Å². The average molecular weight is 387 g/mol. The summed E-state index contributed by atoms with van der Waals surface area (Å²) in [5.41, 5.74) is 0. The Morgan fingerprint density at radius 1 is 1.24 bits per heavy atom. The third kappa shape index (κ3) is 4.19. The average Bonchev–Trinajstić information content (AvgIpc) is 3.10. The number of rotatable bonds is 4. The second-order valence-corrected chi connectivity index (χ2v) is 10.8. The zero-order chi connectivity index (χ0) is 18.2. The minimum atomic E-state index is -2.96. The Kier molecular flexibility index (Phi) is 5.43. The van der Waals surface area contributed by atoms with Gasteiger partial charge < -0.3 is 9.47 Å². The quantitative estimate of drug-likeness (QED) is 0.728. The molecule has 2 atom stereocenters. The van der Waals surface area contributed by atoms with Crippen LogP contribution in [0.1, 0.15) is 44.9 Å². The maximum absolute atomic E-state index is 12.6. The van der Waals surface area contributed by atoms with Crippen LogP contribution in [0.3, 0.4) is 0 Å². The minimum Gasteiger partial charge on any atom is -0.342 e. The number of aromatic nitrogens is 3. The smallest absolute Gasteiger partial charge is 0.235 e. The summed E-state index contributed by atoms with van der Waals surface area (Å²) in [5.74, 6) is 1.81. The van der Waals surface area contributed by atoms with Crippen LogP contribution in [-0.2, 0) is 21.7 Å². The molecular formula is C16H26N4O3S2. The molecular weight excluding hydrogens is 360 g/mol. The largest absolute Gasteiger partial charge is 0.342 e. The number of nitrogens with zero attached hydrogens (tertiary/aromatic N) is 4. The maximum atomic E-state index is 12.6. The van der Waals surface area contributed by atoms with Crippen LogP contribution in [0.5, 0.6) is 0 Å². The van der Waals surface area contributed by atoms with Crippen molar-refractivity contribution in [3.63, 3.8) is 0 Å². The van der Waals surface area contributed by atoms with Gasteiger partial charge in [-0.25, -0.2) is 8.42 Å². The SMILES string of the molecule is CC1CCN(C(=O)[C@H](C)Sc2nnc([C@H]3CCS(=O)(=O)C3)n2C)CC1. The molecule has 0 aromatic carbocycles. The van der Waals surface area contributed by atoms with E-state index in [0.29, 0.717) is 23.3 Å². The van der Waals surface area contributed by atoms with Gasteiger partial charge in [0, 0.05) is 26.1 Å². The number of amides is 1. The van der Waals surface area contributed by atoms with Gasteiger partial charge in [0.2, 0.25) is 5.91 Å². The Morgan fingerprint density at radius 2 is 1.92 bits per heavy atom. The van der Waals surface area contributed by atoms with E-state index in [4.69, 9.17) is 0 Å². The number of carbonyl (C=O) groups is 1. The lowest BCUT2D eigenvalue weighted by Crippen LogP contribution is -2.41. The van der Waals surface area contributed by atoms with Crippen LogP contribution in [0.2, 0.25) is 0 Å². The number of likely N-dealkylation sites (tertiary alicyclic amines) is 1. The predicted molar refractivity (Wildman–Crippen MR) is 97.3 cm³/mol. The molecule has 0 spiro atoms. The molecule has 140 valence electrons. The van der Waals surface area contributed by atoms with Crippen LogP contribution in [0.15, 0.2) is 5.16 Å². The molecule has 2 fully saturated rings. The Morgan fingerprint density at radius 3 is 2.52 bits per heavy atom. The lowest BCUT2D eigenvalue weighted by atomic mass is 9.99. The number of hydrogen-bond acceptors (Lipinski definition) is 6. The third-order valence-corrected chi connectivity index (χ3v) is 8.08. The highest BCUT2D eigenvalue weighted by atomic mass is 32.2. The first-order valence-electron chi connectivity index (χ1n) is 8.82. The van der Waals surface area contributed by atoms with Gasteiger partial charge in [-0.15, -0.1) is 10.2 Å². The van der Waals surface area contributed by atoms with Crippen LogP contribution in [-0.4, -0.2) is 63.8 Å². The number of piperidine rings is 1. The molecule has 0 N–H and O–H groups in total. The fourth-order valence-corrected chi connectivity index (χ4v) is 6.12. The summed E-state index contributed by atoms with van der Waals surface area (Å²) in [6, 6.07) is 0. The Hall–Kier alpha value is -1.09. The van der Waals surface area contributed by atoms with E-state index in [0.717, 1.165) is 25.9 Å². The van der Waals surface area contributed by atoms with Crippen molar-refractivity contribution in [1.82, 2.24) is 19.7 Å². The lowest BCUT2D eigenvalue weighted by molar-refractivity contribution is -0.131. The van der Waals surface area contributed by atoms with E-state index in [-0.39, 0.29) is 28.6 Å². The first kappa shape index (κ1) is 18.7. The van der Waals surface area contributed by atoms with E-state index in [9.17, 15) is 13.2 Å². The number of hydrogen-bond donors (Lipinski definition) is 0. The summed E-state index contributed by atoms with van der Waals surface area (Å²) in [7, 11) is -1.11. The molecule has 7 nitrogen and oxygen atoms in total. The number of carbonyl (C=O) groups excluding carboxylic acids is 1. The second kappa shape index (κ2) is 7.26. The summed E-state index contributed by atoms with van der Waals surface area (Å²) < 4.78 is 25.2. The molecule has 1 amide bonds. The van der Waals surface area contributed by atoms with Crippen LogP contribution in [0.25, 0.3) is 0 Å². The molecule has 0 aliphatic carbocycles. The van der Waals surface area contributed by atoms with Gasteiger partial charge in [0.25, 0.3) is 0 Å². The molecule has 2 aliphatic heterocycles. The molecule has 3 rings (SSSR count). The van der Waals surface area contributed by atoms with Gasteiger partial charge in [0.1, 0.15) is 5.82 Å². The van der Waals surface area contributed by atoms with Crippen molar-refractivity contribution < 1.29 is 13.2 Å². The van der Waals surface area contributed by atoms with E-state index in [2.05, 4.69) is 17.1 Å². The second-order valence-electron chi connectivity index (χ2n) is 7.27. The fourth-order valence-electron chi connectivity index (χ4n) is 3.48. The van der Waals surface area contributed by atoms with E-state index < -0.39 is 9.84 Å². The molecule has 25 heavy (non-hydrogen) atoms. The highest BCUT2D eigenvalue weighted by molar-refractivity contribution is 8.00. The highest BCUT2D eigenvalue weighted by Crippen LogP contribution is 2.31. The Labute approximate surface area is 153 Å². The Bertz CT molecular complexity index is 739. The summed E-state index contributed by atoms with van der Waals surface area (Å²) in [4.78, 5) is 14.6. The summed E-state index contributed by atoms with van der Waals surface area (Å²) in [6.07, 6.45) is 2.72. The first-order valence-corrected chi connectivity index (χ1v) is 11.5. The standard InChI is InChI=1S/C16H26N4O3S2/c1-11-4-7-20(8-5-11)15(21)12(2)24-16-18-17-14(19(16)3)13-6-9-25(22,23)10-13/h11-13H,4-10H2,1-3H3/t12-,13-/m0/s1. The predicted octanol–water partition coefficient (Wildman–Crippen LogP) is 1.46. The van der Waals surface area contributed by atoms with Crippen LogP contribution >= 0.6 is 11.8 Å². The molecule has 2 saturated heterocycles. The number of sulfone groups is 1. The molecule has 2 aliphatic rings. The minimum absolute atomic E-state index is 0.0913. The van der Waals surface area contributed by atoms with E-state index in [1.54, 1.807) is 0 Å². The molecule has 0 saturated carbocycles. The van der Waals surface area contributed by atoms with Gasteiger partial charge >= 0.3 is 0 Å². The number of thioether (sulfide) groups is 1. The monoisotopic (exact) mass is 386 g/mol. The lowest BCUT2D eigenvalue weighted by Gasteiger charge is -2.31. The normalized spacial score (nSPS) is 25.2. The molecule has 0 bridgehead atoms. The van der Waals surface area contributed by atoms with Crippen molar-refractivity contribution >= 4 is 27.5 Å². The highest BCUT2D eigenvalue weighted by Gasteiger charge is 2.33. The Balaban J connectivity index is 1.64. The van der Waals surface area contributed by atoms with Crippen molar-refractivity contribution in [3.8, 4) is 0 Å². The van der Waals surface area contributed by atoms with Crippen molar-refractivity contribution in [2.24, 2.45) is 13.0 Å². The molecule has 1 aromatic rings. The van der Waals surface area contributed by atoms with Crippen molar-refractivity contribution in [3.05, 3.63) is 5.82 Å². The van der Waals surface area contributed by atoms with Crippen molar-refractivity contribution in [2.75, 3.05) is 24.6 Å². The molecule has 0 radical (unpaired) electrons. The van der Waals surface area contributed by atoms with Crippen LogP contribution in [0, 0.1) is 5.92 Å². The third-order valence-electron chi connectivity index (χ3n) is 5.19. The molecule has 0 unspecified atom stereocenters. The maximum Gasteiger partial charge on any atom is 0.235 e. The molecule has 1 aromatic heterocycles. The van der Waals surface area contributed by atoms with Crippen LogP contribution < -0.4 is 0 Å². The van der Waals surface area contributed by atoms with Gasteiger partial charge in [0.15, 0.2) is 15.0 Å². The zero-order valence-electron chi connectivity index (χ0n) is 15.0. The zero-order valence-corrected chi connectivity index (χ0v) is 16.6. The fraction of sp³-hybridized carbons (Fsp3) is 0.812. The van der Waals surface area contributed by atoms with E-state index in [1.807, 2.05) is 23.4 Å². The van der Waals surface area contributed by atoms with Gasteiger partial charge in [-0.3, -0.25) is 4.79 Å². The summed E-state index contributed by atoms with van der Waals surface area (Å²) in [5, 5.41) is 8.85. The van der Waals surface area contributed by atoms with E-state index in [1.165, 1.54) is 11.8 Å². The van der Waals surface area contributed by atoms with Gasteiger partial charge in [-0.2, -0.15) is 0 Å². The summed E-state index contributed by atoms with van der Waals surface area (Å²) in [6.45, 7) is 5.79. The van der Waals surface area contributed by atoms with Crippen molar-refractivity contribution in [2.45, 2.75) is 49.4 Å². The topological polar surface area (TPSA) is 85.2 Å². The summed E-state index contributed by atoms with van der Waals surface area (Å²) >= 11 is 1.40.